The van der Waals surface area contributed by atoms with Crippen molar-refractivity contribution in [1.29, 1.82) is 0 Å². The van der Waals surface area contributed by atoms with Crippen LogP contribution in [0, 0.1) is 0 Å². The molecular formula is C21H24N2O5S2. The standard InChI is InChI=1S/C21H24N2O5S2/c1-5-28-20(24)12-18-22-17(21(2,3)25)13-23(18)19-10-9-16(29-19)14-7-6-8-15(11-14)30(4,26)27/h6-11,13,25H,5,12H2,1-4H3. The summed E-state index contributed by atoms with van der Waals surface area (Å²) >= 11 is 1.43. The molecule has 0 unspecified atom stereocenters. The molecule has 0 aliphatic rings. The van der Waals surface area contributed by atoms with Crippen LogP contribution in [-0.4, -0.2) is 41.9 Å². The third-order valence-corrected chi connectivity index (χ3v) is 6.63. The van der Waals surface area contributed by atoms with Crippen LogP contribution in [0.25, 0.3) is 15.4 Å². The first-order valence-corrected chi connectivity index (χ1v) is 12.1. The first-order chi connectivity index (χ1) is 14.0. The summed E-state index contributed by atoms with van der Waals surface area (Å²) in [5.74, 6) is 0.0631. The largest absolute Gasteiger partial charge is 0.466 e. The number of nitrogens with zero attached hydrogens (tertiary/aromatic N) is 2. The predicted octanol–water partition coefficient (Wildman–Crippen LogP) is 3.34. The summed E-state index contributed by atoms with van der Waals surface area (Å²) in [4.78, 5) is 17.6. The minimum atomic E-state index is -3.31. The Morgan fingerprint density at radius 2 is 2.00 bits per heavy atom. The molecule has 160 valence electrons. The van der Waals surface area contributed by atoms with Gasteiger partial charge in [0, 0.05) is 17.3 Å². The summed E-state index contributed by atoms with van der Waals surface area (Å²) in [6.07, 6.45) is 2.86. The van der Waals surface area contributed by atoms with Crippen LogP contribution in [0.15, 0.2) is 47.5 Å². The van der Waals surface area contributed by atoms with Gasteiger partial charge in [-0.2, -0.15) is 0 Å². The third kappa shape index (κ3) is 4.97. The van der Waals surface area contributed by atoms with Gasteiger partial charge in [-0.05, 0) is 50.6 Å². The maximum absolute atomic E-state index is 12.0. The number of benzene rings is 1. The lowest BCUT2D eigenvalue weighted by molar-refractivity contribution is -0.142. The Kier molecular flexibility index (Phi) is 6.16. The number of sulfone groups is 1. The molecule has 0 saturated carbocycles. The third-order valence-electron chi connectivity index (χ3n) is 4.39. The fourth-order valence-corrected chi connectivity index (χ4v) is 4.53. The fourth-order valence-electron chi connectivity index (χ4n) is 2.86. The second-order valence-corrected chi connectivity index (χ2v) is 10.5. The van der Waals surface area contributed by atoms with E-state index in [4.69, 9.17) is 4.74 Å². The first-order valence-electron chi connectivity index (χ1n) is 9.36. The molecule has 1 aromatic carbocycles. The summed E-state index contributed by atoms with van der Waals surface area (Å²) in [5.41, 5.74) is 0.0539. The second-order valence-electron chi connectivity index (χ2n) is 7.39. The van der Waals surface area contributed by atoms with Gasteiger partial charge in [0.05, 0.1) is 17.2 Å². The number of aliphatic hydroxyl groups is 1. The Balaban J connectivity index is 2.02. The molecule has 0 spiro atoms. The lowest BCUT2D eigenvalue weighted by atomic mass is 10.1. The number of imidazole rings is 1. The van der Waals surface area contributed by atoms with Crippen LogP contribution in [0.1, 0.15) is 32.3 Å². The Bertz CT molecular complexity index is 1170. The van der Waals surface area contributed by atoms with Crippen LogP contribution in [0.4, 0.5) is 0 Å². The SMILES string of the molecule is CCOC(=O)Cc1nc(C(C)(C)O)cn1-c1ccc(-c2cccc(S(C)(=O)=O)c2)s1. The van der Waals surface area contributed by atoms with Crippen LogP contribution in [0.2, 0.25) is 0 Å². The topological polar surface area (TPSA) is 98.5 Å². The van der Waals surface area contributed by atoms with Crippen LogP contribution >= 0.6 is 11.3 Å². The van der Waals surface area contributed by atoms with Gasteiger partial charge < -0.3 is 9.84 Å². The molecule has 0 saturated heterocycles. The number of esters is 1. The van der Waals surface area contributed by atoms with Crippen molar-refractivity contribution in [1.82, 2.24) is 9.55 Å². The highest BCUT2D eigenvalue weighted by molar-refractivity contribution is 7.90. The monoisotopic (exact) mass is 448 g/mol. The average molecular weight is 449 g/mol. The molecule has 2 aromatic heterocycles. The lowest BCUT2D eigenvalue weighted by Gasteiger charge is -2.12. The van der Waals surface area contributed by atoms with E-state index in [0.717, 1.165) is 15.4 Å². The molecule has 3 rings (SSSR count). The van der Waals surface area contributed by atoms with Crippen LogP contribution in [0.5, 0.6) is 0 Å². The van der Waals surface area contributed by atoms with Crippen molar-refractivity contribution in [2.24, 2.45) is 0 Å². The highest BCUT2D eigenvalue weighted by Gasteiger charge is 2.24. The molecular weight excluding hydrogens is 424 g/mol. The molecule has 0 bridgehead atoms. The van der Waals surface area contributed by atoms with E-state index in [1.165, 1.54) is 17.6 Å². The number of carbonyl (C=O) groups is 1. The molecule has 9 heteroatoms. The molecule has 0 aliphatic carbocycles. The summed E-state index contributed by atoms with van der Waals surface area (Å²) in [6.45, 7) is 5.27. The zero-order valence-corrected chi connectivity index (χ0v) is 18.9. The minimum absolute atomic E-state index is 0.0271. The quantitative estimate of drug-likeness (QED) is 0.557. The Morgan fingerprint density at radius 3 is 2.63 bits per heavy atom. The smallest absolute Gasteiger partial charge is 0.313 e. The second kappa shape index (κ2) is 8.33. The van der Waals surface area contributed by atoms with Crippen LogP contribution in [-0.2, 0) is 31.4 Å². The zero-order chi connectivity index (χ0) is 22.1. The van der Waals surface area contributed by atoms with E-state index in [1.807, 2.05) is 18.2 Å². The van der Waals surface area contributed by atoms with Gasteiger partial charge in [0.2, 0.25) is 0 Å². The van der Waals surface area contributed by atoms with Gasteiger partial charge in [-0.1, -0.05) is 12.1 Å². The minimum Gasteiger partial charge on any atom is -0.466 e. The van der Waals surface area contributed by atoms with Crippen molar-refractivity contribution in [2.75, 3.05) is 12.9 Å². The number of thiophene rings is 1. The zero-order valence-electron chi connectivity index (χ0n) is 17.2. The summed E-state index contributed by atoms with van der Waals surface area (Å²) in [7, 11) is -3.31. The van der Waals surface area contributed by atoms with E-state index in [-0.39, 0.29) is 17.9 Å². The number of aromatic nitrogens is 2. The normalized spacial score (nSPS) is 12.2. The van der Waals surface area contributed by atoms with Gasteiger partial charge in [0.15, 0.2) is 9.84 Å². The van der Waals surface area contributed by atoms with E-state index >= 15 is 0 Å². The lowest BCUT2D eigenvalue weighted by Crippen LogP contribution is -2.16. The molecule has 30 heavy (non-hydrogen) atoms. The molecule has 0 aliphatic heterocycles. The van der Waals surface area contributed by atoms with Gasteiger partial charge in [0.1, 0.15) is 22.8 Å². The van der Waals surface area contributed by atoms with Crippen molar-refractivity contribution in [2.45, 2.75) is 37.7 Å². The Hall–Kier alpha value is -2.49. The maximum Gasteiger partial charge on any atom is 0.313 e. The van der Waals surface area contributed by atoms with Crippen molar-refractivity contribution in [3.63, 3.8) is 0 Å². The van der Waals surface area contributed by atoms with E-state index in [9.17, 15) is 18.3 Å². The maximum atomic E-state index is 12.0. The fraction of sp³-hybridized carbons (Fsp3) is 0.333. The highest BCUT2D eigenvalue weighted by atomic mass is 32.2. The van der Waals surface area contributed by atoms with Crippen molar-refractivity contribution in [3.8, 4) is 15.4 Å². The van der Waals surface area contributed by atoms with Crippen molar-refractivity contribution < 1.29 is 23.1 Å². The van der Waals surface area contributed by atoms with Crippen LogP contribution < -0.4 is 0 Å². The Morgan fingerprint density at radius 1 is 1.27 bits per heavy atom. The first kappa shape index (κ1) is 22.2. The molecule has 0 fully saturated rings. The van der Waals surface area contributed by atoms with Crippen LogP contribution in [0.3, 0.4) is 0 Å². The summed E-state index contributed by atoms with van der Waals surface area (Å²) in [5, 5.41) is 11.1. The number of hydrogen-bond donors (Lipinski definition) is 1. The number of rotatable bonds is 7. The van der Waals surface area contributed by atoms with E-state index in [2.05, 4.69) is 4.98 Å². The van der Waals surface area contributed by atoms with E-state index in [0.29, 0.717) is 11.5 Å². The summed E-state index contributed by atoms with van der Waals surface area (Å²) < 4.78 is 30.5. The van der Waals surface area contributed by atoms with Crippen molar-refractivity contribution in [3.05, 3.63) is 54.1 Å². The molecule has 7 nitrogen and oxygen atoms in total. The molecule has 2 heterocycles. The number of ether oxygens (including phenoxy) is 1. The van der Waals surface area contributed by atoms with E-state index < -0.39 is 21.4 Å². The van der Waals surface area contributed by atoms with Gasteiger partial charge >= 0.3 is 5.97 Å². The van der Waals surface area contributed by atoms with Gasteiger partial charge in [-0.3, -0.25) is 9.36 Å². The van der Waals surface area contributed by atoms with Gasteiger partial charge in [0.25, 0.3) is 0 Å². The molecule has 0 amide bonds. The summed E-state index contributed by atoms with van der Waals surface area (Å²) in [6, 6.07) is 10.5. The Labute approximate surface area is 179 Å². The average Bonchev–Trinajstić information content (AvgIpc) is 3.28. The van der Waals surface area contributed by atoms with E-state index in [1.54, 1.807) is 49.7 Å². The molecule has 0 atom stereocenters. The van der Waals surface area contributed by atoms with Crippen molar-refractivity contribution >= 4 is 27.1 Å². The van der Waals surface area contributed by atoms with Gasteiger partial charge in [-0.15, -0.1) is 11.3 Å². The predicted molar refractivity (Wildman–Crippen MR) is 116 cm³/mol. The number of hydrogen-bond acceptors (Lipinski definition) is 7. The molecule has 3 aromatic rings. The number of carbonyl (C=O) groups excluding carboxylic acids is 1. The van der Waals surface area contributed by atoms with Gasteiger partial charge in [-0.25, -0.2) is 13.4 Å². The molecule has 0 radical (unpaired) electrons. The highest BCUT2D eigenvalue weighted by Crippen LogP contribution is 2.33. The molecule has 1 N–H and O–H groups in total.